The fraction of sp³-hybridized carbons (Fsp3) is 0.432. The second kappa shape index (κ2) is 17.5. The number of anilines is 2. The largest absolute Gasteiger partial charge is 0.490 e. The first kappa shape index (κ1) is 35.4. The van der Waals surface area contributed by atoms with Gasteiger partial charge in [0.05, 0.1) is 36.8 Å². The van der Waals surface area contributed by atoms with Gasteiger partial charge in [-0.2, -0.15) is 0 Å². The Kier molecular flexibility index (Phi) is 13.2. The molecule has 4 rings (SSSR count). The molecule has 3 aromatic carbocycles. The molecule has 0 radical (unpaired) electrons. The zero-order valence-corrected chi connectivity index (χ0v) is 27.9. The molecule has 1 aliphatic rings. The molecule has 10 nitrogen and oxygen atoms in total. The second-order valence-electron chi connectivity index (χ2n) is 12.4. The van der Waals surface area contributed by atoms with Crippen LogP contribution in [0.15, 0.2) is 78.9 Å². The van der Waals surface area contributed by atoms with Crippen LogP contribution in [-0.4, -0.2) is 84.4 Å². The second-order valence-corrected chi connectivity index (χ2v) is 12.4. The van der Waals surface area contributed by atoms with Crippen molar-refractivity contribution >= 4 is 29.2 Å². The van der Waals surface area contributed by atoms with Crippen LogP contribution in [-0.2, 0) is 16.0 Å². The van der Waals surface area contributed by atoms with Gasteiger partial charge in [-0.3, -0.25) is 9.59 Å². The molecule has 0 saturated carbocycles. The monoisotopic (exact) mass is 644 g/mol. The first-order chi connectivity index (χ1) is 22.6. The fourth-order valence-electron chi connectivity index (χ4n) is 5.56. The molecule has 0 bridgehead atoms. The molecule has 3 aromatic rings. The molecule has 0 unspecified atom stereocenters. The Bertz CT molecular complexity index is 1450. The van der Waals surface area contributed by atoms with Gasteiger partial charge in [-0.05, 0) is 69.0 Å². The van der Waals surface area contributed by atoms with Crippen molar-refractivity contribution in [3.05, 3.63) is 90.0 Å². The fourth-order valence-corrected chi connectivity index (χ4v) is 5.56. The van der Waals surface area contributed by atoms with Crippen LogP contribution in [0.5, 0.6) is 5.75 Å². The number of hydrogen-bond acceptors (Lipinski definition) is 6. The summed E-state index contributed by atoms with van der Waals surface area (Å²) in [6.07, 6.45) is 2.21. The van der Waals surface area contributed by atoms with E-state index in [4.69, 9.17) is 9.47 Å². The highest BCUT2D eigenvalue weighted by Gasteiger charge is 2.31. The predicted octanol–water partition coefficient (Wildman–Crippen LogP) is 5.83. The van der Waals surface area contributed by atoms with Crippen molar-refractivity contribution < 1.29 is 29.0 Å². The predicted molar refractivity (Wildman–Crippen MR) is 184 cm³/mol. The van der Waals surface area contributed by atoms with E-state index in [2.05, 4.69) is 10.6 Å². The lowest BCUT2D eigenvalue weighted by Gasteiger charge is -2.36. The minimum atomic E-state index is -0.515. The summed E-state index contributed by atoms with van der Waals surface area (Å²) in [7, 11) is 1.78. The summed E-state index contributed by atoms with van der Waals surface area (Å²) in [5.41, 5.74) is 2.29. The number of likely N-dealkylation sites (N-methyl/N-ethyl adjacent to an activating group) is 1. The van der Waals surface area contributed by atoms with E-state index in [0.29, 0.717) is 36.7 Å². The number of aliphatic hydroxyl groups excluding tert-OH is 1. The van der Waals surface area contributed by atoms with E-state index in [-0.39, 0.29) is 48.7 Å². The van der Waals surface area contributed by atoms with Gasteiger partial charge in [0.25, 0.3) is 5.91 Å². The number of carbonyl (C=O) groups is 3. The van der Waals surface area contributed by atoms with Crippen LogP contribution in [0.25, 0.3) is 0 Å². The van der Waals surface area contributed by atoms with Crippen LogP contribution < -0.4 is 15.4 Å². The summed E-state index contributed by atoms with van der Waals surface area (Å²) in [5.74, 6) is -0.115. The Morgan fingerprint density at radius 3 is 2.36 bits per heavy atom. The number of nitrogens with one attached hydrogen (secondary N) is 2. The number of aliphatic hydroxyl groups is 1. The molecule has 0 fully saturated rings. The summed E-state index contributed by atoms with van der Waals surface area (Å²) in [5, 5.41) is 15.8. The normalized spacial score (nSPS) is 19.8. The van der Waals surface area contributed by atoms with Gasteiger partial charge in [-0.25, -0.2) is 4.79 Å². The zero-order chi connectivity index (χ0) is 33.8. The van der Waals surface area contributed by atoms with E-state index < -0.39 is 12.1 Å². The molecular formula is C37H48N4O6. The number of carbonyl (C=O) groups excluding carboxylic acids is 3. The average molecular weight is 645 g/mol. The van der Waals surface area contributed by atoms with Crippen LogP contribution in [0.3, 0.4) is 0 Å². The van der Waals surface area contributed by atoms with Crippen LogP contribution in [0, 0.1) is 5.92 Å². The third-order valence-corrected chi connectivity index (χ3v) is 8.42. The number of urea groups is 1. The lowest BCUT2D eigenvalue weighted by atomic mass is 10.0. The molecule has 1 aliphatic heterocycles. The van der Waals surface area contributed by atoms with Crippen molar-refractivity contribution in [1.29, 1.82) is 0 Å². The molecule has 0 saturated heterocycles. The highest BCUT2D eigenvalue weighted by atomic mass is 16.5. The number of hydrogen-bond donors (Lipinski definition) is 3. The highest BCUT2D eigenvalue weighted by molar-refractivity contribution is 6.02. The third kappa shape index (κ3) is 10.6. The first-order valence-corrected chi connectivity index (χ1v) is 16.4. The van der Waals surface area contributed by atoms with Crippen LogP contribution in [0.4, 0.5) is 16.2 Å². The van der Waals surface area contributed by atoms with Crippen LogP contribution >= 0.6 is 0 Å². The molecule has 252 valence electrons. The molecule has 4 amide bonds. The quantitative estimate of drug-likeness (QED) is 0.284. The lowest BCUT2D eigenvalue weighted by Crippen LogP contribution is -2.48. The van der Waals surface area contributed by atoms with Crippen molar-refractivity contribution in [2.24, 2.45) is 5.92 Å². The molecule has 0 aliphatic carbocycles. The van der Waals surface area contributed by atoms with Gasteiger partial charge in [0.1, 0.15) is 5.75 Å². The van der Waals surface area contributed by atoms with Gasteiger partial charge in [0.15, 0.2) is 0 Å². The van der Waals surface area contributed by atoms with E-state index in [0.717, 1.165) is 24.8 Å². The van der Waals surface area contributed by atoms with Crippen LogP contribution in [0.1, 0.15) is 56.0 Å². The van der Waals surface area contributed by atoms with Crippen molar-refractivity contribution in [2.75, 3.05) is 44.0 Å². The third-order valence-electron chi connectivity index (χ3n) is 8.42. The van der Waals surface area contributed by atoms with Gasteiger partial charge >= 0.3 is 6.03 Å². The topological polar surface area (TPSA) is 120 Å². The van der Waals surface area contributed by atoms with E-state index >= 15 is 0 Å². The van der Waals surface area contributed by atoms with Crippen LogP contribution in [0.2, 0.25) is 0 Å². The van der Waals surface area contributed by atoms with Crippen molar-refractivity contribution in [3.63, 3.8) is 0 Å². The molecule has 47 heavy (non-hydrogen) atoms. The maximum atomic E-state index is 14.3. The Labute approximate surface area is 278 Å². The Balaban J connectivity index is 1.58. The first-order valence-electron chi connectivity index (χ1n) is 16.4. The summed E-state index contributed by atoms with van der Waals surface area (Å²) in [6.45, 7) is 6.66. The minimum Gasteiger partial charge on any atom is -0.490 e. The van der Waals surface area contributed by atoms with E-state index in [1.165, 1.54) is 0 Å². The summed E-state index contributed by atoms with van der Waals surface area (Å²) in [6, 6.07) is 22.8. The smallest absolute Gasteiger partial charge is 0.323 e. The van der Waals surface area contributed by atoms with Crippen molar-refractivity contribution in [1.82, 2.24) is 9.80 Å². The Morgan fingerprint density at radius 2 is 1.66 bits per heavy atom. The minimum absolute atomic E-state index is 0.0145. The van der Waals surface area contributed by atoms with Crippen molar-refractivity contribution in [2.45, 2.75) is 64.7 Å². The molecule has 4 atom stereocenters. The lowest BCUT2D eigenvalue weighted by molar-refractivity contribution is -0.131. The van der Waals surface area contributed by atoms with Gasteiger partial charge in [0, 0.05) is 44.0 Å². The number of fused-ring (bicyclic) bond motifs is 1. The maximum absolute atomic E-state index is 14.3. The molecule has 1 heterocycles. The molecule has 10 heteroatoms. The van der Waals surface area contributed by atoms with Gasteiger partial charge in [-0.1, -0.05) is 55.5 Å². The summed E-state index contributed by atoms with van der Waals surface area (Å²) in [4.78, 5) is 43.6. The Morgan fingerprint density at radius 1 is 0.979 bits per heavy atom. The summed E-state index contributed by atoms with van der Waals surface area (Å²) >= 11 is 0. The number of ether oxygens (including phenoxy) is 2. The highest BCUT2D eigenvalue weighted by Crippen LogP contribution is 2.28. The zero-order valence-electron chi connectivity index (χ0n) is 27.9. The van der Waals surface area contributed by atoms with Gasteiger partial charge in [0.2, 0.25) is 5.91 Å². The molecule has 0 aromatic heterocycles. The van der Waals surface area contributed by atoms with E-state index in [1.54, 1.807) is 54.1 Å². The van der Waals surface area contributed by atoms with Crippen molar-refractivity contribution in [3.8, 4) is 5.75 Å². The Hall–Kier alpha value is -4.41. The maximum Gasteiger partial charge on any atom is 0.323 e. The molecule has 3 N–H and O–H groups in total. The molecule has 0 spiro atoms. The number of para-hydroxylation sites is 1. The average Bonchev–Trinajstić information content (AvgIpc) is 3.06. The number of amides is 4. The number of benzene rings is 3. The van der Waals surface area contributed by atoms with Gasteiger partial charge < -0.3 is 35.0 Å². The van der Waals surface area contributed by atoms with E-state index in [1.807, 2.05) is 62.4 Å². The number of rotatable bonds is 8. The molecular weight excluding hydrogens is 596 g/mol. The SMILES string of the molecule is C[C@@H]1CCCCO[C@@H](CN(C)C(=O)Cc2ccccc2)[C@H](C)CN([C@H](C)CO)C(=O)c2cc(NC(=O)Nc3ccccc3)ccc2O1. The summed E-state index contributed by atoms with van der Waals surface area (Å²) < 4.78 is 12.7. The van der Waals surface area contributed by atoms with E-state index in [9.17, 15) is 19.5 Å². The standard InChI is InChI=1S/C37H48N4O6/c1-26-23-41(27(2)25-42)36(44)32-22-31(39-37(45)38-30-16-9-6-10-17-30)18-19-33(32)47-28(3)13-11-12-20-46-34(26)24-40(4)35(43)21-29-14-7-5-8-15-29/h5-10,14-19,22,26-28,34,42H,11-13,20-21,23-25H2,1-4H3,(H2,38,39,45)/t26-,27-,28-,34+/m1/s1. The van der Waals surface area contributed by atoms with Gasteiger partial charge in [-0.15, -0.1) is 0 Å². The number of nitrogens with zero attached hydrogens (tertiary/aromatic N) is 2.